The van der Waals surface area contributed by atoms with Gasteiger partial charge in [0.2, 0.25) is 0 Å². The summed E-state index contributed by atoms with van der Waals surface area (Å²) in [6.45, 7) is 0. The van der Waals surface area contributed by atoms with Gasteiger partial charge in [-0.25, -0.2) is 9.98 Å². The van der Waals surface area contributed by atoms with Crippen molar-refractivity contribution in [2.45, 2.75) is 0 Å². The van der Waals surface area contributed by atoms with Crippen molar-refractivity contribution < 1.29 is 9.59 Å². The van der Waals surface area contributed by atoms with Gasteiger partial charge in [-0.15, -0.1) is 0 Å². The van der Waals surface area contributed by atoms with Crippen molar-refractivity contribution in [3.8, 4) is 0 Å². The monoisotopic (exact) mass is 174 g/mol. The van der Waals surface area contributed by atoms with Crippen LogP contribution in [0.1, 0.15) is 0 Å². The Bertz CT molecular complexity index is 252. The van der Waals surface area contributed by atoms with Gasteiger partial charge in [-0.2, -0.15) is 0 Å². The molecule has 0 atom stereocenters. The number of rotatable bonds is 0. The van der Waals surface area contributed by atoms with Crippen molar-refractivity contribution in [1.29, 1.82) is 0 Å². The number of hydrogen-bond acceptors (Lipinski definition) is 2. The van der Waals surface area contributed by atoms with E-state index in [0.717, 1.165) is 0 Å². The first-order chi connectivity index (χ1) is 5.79. The summed E-state index contributed by atoms with van der Waals surface area (Å²) in [5, 5.41) is 0. The van der Waals surface area contributed by atoms with Crippen LogP contribution in [0.15, 0.2) is 34.3 Å². The molecule has 0 aromatic heterocycles. The molecule has 4 radical (unpaired) electrons. The van der Waals surface area contributed by atoms with Crippen molar-refractivity contribution in [2.24, 2.45) is 9.98 Å². The lowest BCUT2D eigenvalue weighted by Gasteiger charge is -1.62. The minimum atomic E-state index is -0.157. The van der Waals surface area contributed by atoms with E-state index in [1.165, 1.54) is 24.6 Å². The molecule has 13 heavy (non-hydrogen) atoms. The topological polar surface area (TPSA) is 58.9 Å². The first-order valence-electron chi connectivity index (χ1n) is 3.28. The Morgan fingerprint density at radius 2 is 1.23 bits per heavy atom. The third kappa shape index (κ3) is 4.58. The lowest BCUT2D eigenvalue weighted by Crippen LogP contribution is -1.75. The van der Waals surface area contributed by atoms with Crippen LogP contribution in [0.4, 0.5) is 0 Å². The predicted octanol–water partition coefficient (Wildman–Crippen LogP) is 0.388. The van der Waals surface area contributed by atoms with Gasteiger partial charge in [-0.1, -0.05) is 0 Å². The second kappa shape index (κ2) is 5.77. The lowest BCUT2D eigenvalue weighted by atomic mass is 10.6. The number of aliphatic imine (C=N–C) groups is 2. The van der Waals surface area contributed by atoms with Crippen LogP contribution in [0.3, 0.4) is 0 Å². The predicted molar refractivity (Wildman–Crippen MR) is 48.5 cm³/mol. The molecule has 2 heterocycles. The number of amides is 2. The van der Waals surface area contributed by atoms with Gasteiger partial charge in [-0.05, 0) is 12.2 Å². The summed E-state index contributed by atoms with van der Waals surface area (Å²) in [5.74, 6) is -0.315. The molecule has 0 aromatic carbocycles. The second-order valence-corrected chi connectivity index (χ2v) is 1.95. The summed E-state index contributed by atoms with van der Waals surface area (Å²) in [6.07, 6.45) is 9.01. The van der Waals surface area contributed by atoms with E-state index in [-0.39, 0.29) is 19.2 Å². The molecule has 2 aliphatic rings. The van der Waals surface area contributed by atoms with Gasteiger partial charge in [-0.3, -0.25) is 9.59 Å². The molecule has 0 fully saturated rings. The summed E-state index contributed by atoms with van der Waals surface area (Å²) in [5.41, 5.74) is 0. The zero-order valence-corrected chi connectivity index (χ0v) is 6.68. The average Bonchev–Trinajstić information content (AvgIpc) is 2.63. The van der Waals surface area contributed by atoms with Gasteiger partial charge < -0.3 is 0 Å². The first kappa shape index (κ1) is 11.2. The molecule has 0 N–H and O–H groups in total. The van der Waals surface area contributed by atoms with Crippen molar-refractivity contribution in [1.82, 2.24) is 0 Å². The van der Waals surface area contributed by atoms with E-state index in [9.17, 15) is 9.59 Å². The van der Waals surface area contributed by atoms with Crippen molar-refractivity contribution in [3.05, 3.63) is 31.7 Å². The van der Waals surface area contributed by atoms with Gasteiger partial charge in [0, 0.05) is 32.0 Å². The van der Waals surface area contributed by atoms with Crippen LogP contribution in [-0.4, -0.2) is 24.2 Å². The Morgan fingerprint density at radius 3 is 1.31 bits per heavy atom. The SMILES string of the molecule is O=C1C=CC=N1.O=C1C=CC=N1.[C]. The smallest absolute Gasteiger partial charge is 0.267 e. The molecule has 2 amide bonds. The minimum Gasteiger partial charge on any atom is -0.267 e. The maximum absolute atomic E-state index is 9.96. The van der Waals surface area contributed by atoms with Gasteiger partial charge in [0.1, 0.15) is 0 Å². The number of allylic oxidation sites excluding steroid dienone is 2. The van der Waals surface area contributed by atoms with Crippen LogP contribution in [0, 0.1) is 7.43 Å². The van der Waals surface area contributed by atoms with Crippen LogP contribution >= 0.6 is 0 Å². The molecule has 64 valence electrons. The number of nitrogens with zero attached hydrogens (tertiary/aromatic N) is 2. The fourth-order valence-electron chi connectivity index (χ4n) is 0.570. The van der Waals surface area contributed by atoms with Crippen molar-refractivity contribution in [3.63, 3.8) is 0 Å². The third-order valence-corrected chi connectivity index (χ3v) is 1.05. The highest BCUT2D eigenvalue weighted by Crippen LogP contribution is 1.83. The van der Waals surface area contributed by atoms with Crippen LogP contribution in [0.5, 0.6) is 0 Å². The lowest BCUT2D eigenvalue weighted by molar-refractivity contribution is -0.114. The summed E-state index contributed by atoms with van der Waals surface area (Å²) in [6, 6.07) is 0. The third-order valence-electron chi connectivity index (χ3n) is 1.05. The van der Waals surface area contributed by atoms with Crippen LogP contribution < -0.4 is 0 Å². The number of carbonyl (C=O) groups is 2. The van der Waals surface area contributed by atoms with Crippen LogP contribution in [0.2, 0.25) is 0 Å². The summed E-state index contributed by atoms with van der Waals surface area (Å²) in [7, 11) is 0. The molecule has 2 rings (SSSR count). The van der Waals surface area contributed by atoms with E-state index in [1.807, 2.05) is 0 Å². The van der Waals surface area contributed by atoms with E-state index >= 15 is 0 Å². The molecule has 2 aliphatic heterocycles. The van der Waals surface area contributed by atoms with Crippen molar-refractivity contribution >= 4 is 24.2 Å². The zero-order valence-electron chi connectivity index (χ0n) is 6.68. The van der Waals surface area contributed by atoms with Crippen molar-refractivity contribution in [2.75, 3.05) is 0 Å². The van der Waals surface area contributed by atoms with Gasteiger partial charge in [0.05, 0.1) is 0 Å². The van der Waals surface area contributed by atoms with E-state index in [4.69, 9.17) is 0 Å². The molecule has 0 bridgehead atoms. The maximum Gasteiger partial charge on any atom is 0.269 e. The largest absolute Gasteiger partial charge is 0.269 e. The van der Waals surface area contributed by atoms with Gasteiger partial charge in [0.25, 0.3) is 11.8 Å². The van der Waals surface area contributed by atoms with E-state index in [0.29, 0.717) is 0 Å². The van der Waals surface area contributed by atoms with E-state index in [2.05, 4.69) is 9.98 Å². The fourth-order valence-corrected chi connectivity index (χ4v) is 0.570. The number of carbonyl (C=O) groups excluding carboxylic acids is 2. The van der Waals surface area contributed by atoms with E-state index in [1.54, 1.807) is 12.2 Å². The Balaban J connectivity index is 0.000000206. The highest BCUT2D eigenvalue weighted by atomic mass is 16.1. The average molecular weight is 174 g/mol. The molecular weight excluding hydrogens is 168 g/mol. The molecule has 0 aromatic rings. The second-order valence-electron chi connectivity index (χ2n) is 1.95. The minimum absolute atomic E-state index is 0. The first-order valence-corrected chi connectivity index (χ1v) is 3.28. The quantitative estimate of drug-likeness (QED) is 0.533. The summed E-state index contributed by atoms with van der Waals surface area (Å²) in [4.78, 5) is 26.6. The molecule has 4 heteroatoms. The standard InChI is InChI=1S/2C4H3NO.C/c2*6-4-2-1-3-5-4;/h2*1-3H;. The molecule has 0 saturated carbocycles. The zero-order chi connectivity index (χ0) is 8.81. The van der Waals surface area contributed by atoms with Gasteiger partial charge in [0.15, 0.2) is 0 Å². The maximum atomic E-state index is 9.96. The highest BCUT2D eigenvalue weighted by Gasteiger charge is 1.90. The summed E-state index contributed by atoms with van der Waals surface area (Å²) < 4.78 is 0. The fraction of sp³-hybridized carbons (Fsp3) is 0. The Labute approximate surface area is 76.4 Å². The van der Waals surface area contributed by atoms with Crippen LogP contribution in [0.25, 0.3) is 0 Å². The molecule has 0 saturated heterocycles. The molecular formula is C9H6N2O2. The Kier molecular flexibility index (Phi) is 4.95. The number of hydrogen-bond donors (Lipinski definition) is 0. The van der Waals surface area contributed by atoms with E-state index < -0.39 is 0 Å². The Morgan fingerprint density at radius 1 is 0.846 bits per heavy atom. The summed E-state index contributed by atoms with van der Waals surface area (Å²) >= 11 is 0. The molecule has 0 spiro atoms. The normalized spacial score (nSPS) is 15.7. The highest BCUT2D eigenvalue weighted by molar-refractivity contribution is 6.03. The van der Waals surface area contributed by atoms with Gasteiger partial charge >= 0.3 is 0 Å². The molecule has 4 nitrogen and oxygen atoms in total. The molecule has 0 unspecified atom stereocenters. The molecule has 0 aliphatic carbocycles. The Hall–Kier alpha value is -1.84. The van der Waals surface area contributed by atoms with Crippen LogP contribution in [-0.2, 0) is 9.59 Å².